The molecular weight excluding hydrogens is 180 g/mol. The summed E-state index contributed by atoms with van der Waals surface area (Å²) in [6.07, 6.45) is 1.42. The fourth-order valence-corrected chi connectivity index (χ4v) is 1.69. The second-order valence-corrected chi connectivity index (χ2v) is 3.49. The topological polar surface area (TPSA) is 75.3 Å². The molecule has 0 fully saturated rings. The van der Waals surface area contributed by atoms with E-state index in [1.165, 1.54) is 0 Å². The van der Waals surface area contributed by atoms with E-state index < -0.39 is 12.0 Å². The zero-order valence-electron chi connectivity index (χ0n) is 7.66. The minimum absolute atomic E-state index is 0.482. The number of hydrogen-bond acceptors (Lipinski definition) is 3. The molecule has 0 bridgehead atoms. The van der Waals surface area contributed by atoms with Crippen LogP contribution in [0.4, 0.5) is 11.4 Å². The van der Waals surface area contributed by atoms with E-state index in [0.717, 1.165) is 17.7 Å². The minimum atomic E-state index is -0.807. The third kappa shape index (κ3) is 1.51. The Hall–Kier alpha value is -1.71. The van der Waals surface area contributed by atoms with Crippen LogP contribution in [0.3, 0.4) is 0 Å². The normalized spacial score (nSPS) is 19.6. The zero-order valence-corrected chi connectivity index (χ0v) is 7.66. The molecule has 1 aromatic rings. The number of nitrogens with one attached hydrogen (secondary N) is 1. The van der Waals surface area contributed by atoms with Crippen LogP contribution in [0.5, 0.6) is 0 Å². The first-order valence-corrected chi connectivity index (χ1v) is 4.54. The van der Waals surface area contributed by atoms with Gasteiger partial charge in [-0.05, 0) is 30.5 Å². The first-order chi connectivity index (χ1) is 6.66. The minimum Gasteiger partial charge on any atom is -0.480 e. The van der Waals surface area contributed by atoms with Gasteiger partial charge in [-0.3, -0.25) is 0 Å². The van der Waals surface area contributed by atoms with Crippen LogP contribution in [0, 0.1) is 0 Å². The van der Waals surface area contributed by atoms with E-state index in [-0.39, 0.29) is 0 Å². The van der Waals surface area contributed by atoms with Gasteiger partial charge in [-0.25, -0.2) is 4.79 Å². The summed E-state index contributed by atoms with van der Waals surface area (Å²) in [4.78, 5) is 10.8. The van der Waals surface area contributed by atoms with E-state index in [1.807, 2.05) is 12.1 Å². The van der Waals surface area contributed by atoms with Crippen LogP contribution in [-0.4, -0.2) is 17.1 Å². The molecule has 14 heavy (non-hydrogen) atoms. The summed E-state index contributed by atoms with van der Waals surface area (Å²) in [5, 5.41) is 11.8. The Kier molecular flexibility index (Phi) is 2.04. The molecule has 74 valence electrons. The number of anilines is 2. The number of carboxylic acid groups (broad SMARTS) is 1. The Labute approximate surface area is 81.7 Å². The van der Waals surface area contributed by atoms with E-state index in [4.69, 9.17) is 10.8 Å². The molecule has 1 aromatic carbocycles. The lowest BCUT2D eigenvalue weighted by Gasteiger charge is -2.24. The van der Waals surface area contributed by atoms with Crippen molar-refractivity contribution in [3.8, 4) is 0 Å². The molecule has 1 aliphatic heterocycles. The number of aryl methyl sites for hydroxylation is 1. The average molecular weight is 192 g/mol. The molecule has 2 rings (SSSR count). The van der Waals surface area contributed by atoms with Gasteiger partial charge in [-0.2, -0.15) is 0 Å². The molecule has 0 unspecified atom stereocenters. The summed E-state index contributed by atoms with van der Waals surface area (Å²) in [6.45, 7) is 0. The van der Waals surface area contributed by atoms with Crippen LogP contribution >= 0.6 is 0 Å². The van der Waals surface area contributed by atoms with Crippen LogP contribution in [0.25, 0.3) is 0 Å². The van der Waals surface area contributed by atoms with Gasteiger partial charge in [0.15, 0.2) is 0 Å². The quantitative estimate of drug-likeness (QED) is 0.582. The fourth-order valence-electron chi connectivity index (χ4n) is 1.69. The van der Waals surface area contributed by atoms with Gasteiger partial charge in [-0.15, -0.1) is 0 Å². The zero-order chi connectivity index (χ0) is 10.1. The number of nitrogen functional groups attached to an aromatic ring is 1. The smallest absolute Gasteiger partial charge is 0.326 e. The van der Waals surface area contributed by atoms with Crippen molar-refractivity contribution in [1.82, 2.24) is 0 Å². The number of nitrogens with two attached hydrogens (primary N) is 1. The molecule has 0 saturated heterocycles. The van der Waals surface area contributed by atoms with Crippen molar-refractivity contribution >= 4 is 17.3 Å². The summed E-state index contributed by atoms with van der Waals surface area (Å²) in [7, 11) is 0. The molecular formula is C10H12N2O2. The van der Waals surface area contributed by atoms with Crippen molar-refractivity contribution in [3.63, 3.8) is 0 Å². The summed E-state index contributed by atoms with van der Waals surface area (Å²) in [6, 6.07) is 5.08. The number of benzene rings is 1. The Bertz CT molecular complexity index is 376. The van der Waals surface area contributed by atoms with Gasteiger partial charge in [0.25, 0.3) is 0 Å². The van der Waals surface area contributed by atoms with Gasteiger partial charge in [0.2, 0.25) is 0 Å². The highest BCUT2D eigenvalue weighted by atomic mass is 16.4. The lowest BCUT2D eigenvalue weighted by molar-refractivity contribution is -0.138. The number of fused-ring (bicyclic) bond motifs is 1. The van der Waals surface area contributed by atoms with Crippen molar-refractivity contribution in [2.45, 2.75) is 18.9 Å². The van der Waals surface area contributed by atoms with E-state index in [9.17, 15) is 4.79 Å². The first-order valence-electron chi connectivity index (χ1n) is 4.54. The molecule has 0 amide bonds. The highest BCUT2D eigenvalue weighted by Gasteiger charge is 2.22. The number of hydrogen-bond donors (Lipinski definition) is 3. The van der Waals surface area contributed by atoms with Crippen molar-refractivity contribution in [2.24, 2.45) is 0 Å². The second kappa shape index (κ2) is 3.21. The largest absolute Gasteiger partial charge is 0.480 e. The van der Waals surface area contributed by atoms with Crippen LogP contribution in [-0.2, 0) is 11.2 Å². The van der Waals surface area contributed by atoms with Crippen LogP contribution < -0.4 is 11.1 Å². The highest BCUT2D eigenvalue weighted by Crippen LogP contribution is 2.26. The van der Waals surface area contributed by atoms with E-state index in [2.05, 4.69) is 5.32 Å². The number of carboxylic acids is 1. The standard InChI is InChI=1S/C10H12N2O2/c11-7-3-1-6-2-4-8(10(13)14)12-9(6)5-7/h1,3,5,8,12H,2,4,11H2,(H,13,14)/t8-/m0/s1. The van der Waals surface area contributed by atoms with Crippen LogP contribution in [0.2, 0.25) is 0 Å². The van der Waals surface area contributed by atoms with E-state index >= 15 is 0 Å². The average Bonchev–Trinajstić information content (AvgIpc) is 2.16. The monoisotopic (exact) mass is 192 g/mol. The third-order valence-corrected chi connectivity index (χ3v) is 2.46. The number of aliphatic carboxylic acids is 1. The van der Waals surface area contributed by atoms with Gasteiger partial charge >= 0.3 is 5.97 Å². The molecule has 4 N–H and O–H groups in total. The number of rotatable bonds is 1. The van der Waals surface area contributed by atoms with Crippen LogP contribution in [0.15, 0.2) is 18.2 Å². The molecule has 4 heteroatoms. The van der Waals surface area contributed by atoms with Gasteiger partial charge < -0.3 is 16.2 Å². The van der Waals surface area contributed by atoms with Crippen molar-refractivity contribution in [2.75, 3.05) is 11.1 Å². The molecule has 0 aromatic heterocycles. The molecule has 0 aliphatic carbocycles. The second-order valence-electron chi connectivity index (χ2n) is 3.49. The molecule has 0 radical (unpaired) electrons. The predicted molar refractivity (Wildman–Crippen MR) is 54.2 cm³/mol. The Morgan fingerprint density at radius 2 is 2.36 bits per heavy atom. The molecule has 1 atom stereocenters. The molecule has 4 nitrogen and oxygen atoms in total. The van der Waals surface area contributed by atoms with Gasteiger partial charge in [0.05, 0.1) is 0 Å². The fraction of sp³-hybridized carbons (Fsp3) is 0.300. The summed E-state index contributed by atoms with van der Waals surface area (Å²) < 4.78 is 0. The Morgan fingerprint density at radius 3 is 3.07 bits per heavy atom. The highest BCUT2D eigenvalue weighted by molar-refractivity contribution is 5.79. The molecule has 0 spiro atoms. The maximum Gasteiger partial charge on any atom is 0.326 e. The lowest BCUT2D eigenvalue weighted by Crippen LogP contribution is -2.33. The SMILES string of the molecule is Nc1ccc2c(c1)N[C@H](C(=O)O)CC2. The third-order valence-electron chi connectivity index (χ3n) is 2.46. The van der Waals surface area contributed by atoms with Crippen molar-refractivity contribution < 1.29 is 9.90 Å². The Morgan fingerprint density at radius 1 is 1.57 bits per heavy atom. The maximum absolute atomic E-state index is 10.8. The summed E-state index contributed by atoms with van der Waals surface area (Å²) in [5.41, 5.74) is 8.26. The van der Waals surface area contributed by atoms with Gasteiger partial charge in [-0.1, -0.05) is 6.07 Å². The van der Waals surface area contributed by atoms with Gasteiger partial charge in [0.1, 0.15) is 6.04 Å². The molecule has 1 heterocycles. The van der Waals surface area contributed by atoms with Gasteiger partial charge in [0, 0.05) is 11.4 Å². The molecule has 1 aliphatic rings. The summed E-state index contributed by atoms with van der Waals surface area (Å²) in [5.74, 6) is -0.807. The number of carbonyl (C=O) groups is 1. The maximum atomic E-state index is 10.8. The predicted octanol–water partition coefficient (Wildman–Crippen LogP) is 1.08. The van der Waals surface area contributed by atoms with E-state index in [1.54, 1.807) is 6.07 Å². The van der Waals surface area contributed by atoms with Crippen molar-refractivity contribution in [3.05, 3.63) is 23.8 Å². The first kappa shape index (κ1) is 8.87. The lowest BCUT2D eigenvalue weighted by atomic mass is 9.98. The molecule has 0 saturated carbocycles. The van der Waals surface area contributed by atoms with Crippen molar-refractivity contribution in [1.29, 1.82) is 0 Å². The van der Waals surface area contributed by atoms with Crippen LogP contribution in [0.1, 0.15) is 12.0 Å². The van der Waals surface area contributed by atoms with E-state index in [0.29, 0.717) is 12.1 Å². The summed E-state index contributed by atoms with van der Waals surface area (Å²) >= 11 is 0. The Balaban J connectivity index is 2.29.